The summed E-state index contributed by atoms with van der Waals surface area (Å²) in [5.74, 6) is -0.524. The Balaban J connectivity index is 2.06. The molecule has 0 radical (unpaired) electrons. The summed E-state index contributed by atoms with van der Waals surface area (Å²) in [6.45, 7) is 4.95. The Morgan fingerprint density at radius 1 is 1.11 bits per heavy atom. The Bertz CT molecular complexity index is 640. The maximum Gasteiger partial charge on any atom is 0.251 e. The summed E-state index contributed by atoms with van der Waals surface area (Å²) < 4.78 is 4.90. The Hall–Kier alpha value is -2.41. The van der Waals surface area contributed by atoms with Crippen LogP contribution in [-0.2, 0) is 14.3 Å². The number of nitrogens with one attached hydrogen (secondary N) is 2. The average molecular weight is 375 g/mol. The molecule has 1 fully saturated rings. The first-order valence-electron chi connectivity index (χ1n) is 9.35. The van der Waals surface area contributed by atoms with Gasteiger partial charge in [-0.1, -0.05) is 18.2 Å². The molecule has 1 unspecified atom stereocenters. The van der Waals surface area contributed by atoms with E-state index >= 15 is 0 Å². The van der Waals surface area contributed by atoms with Gasteiger partial charge in [0.25, 0.3) is 5.91 Å². The molecule has 1 atom stereocenters. The standard InChI is InChI=1S/C20H29N3O4/c1-14(2)21-20(26)18(22-19(25)16-7-5-4-6-8-16)15-9-11-23(12-10-15)17(24)13-27-3/h4-8,14-15,18H,9-13H2,1-3H3,(H,21,26)(H,22,25). The number of methoxy groups -OCH3 is 1. The minimum Gasteiger partial charge on any atom is -0.375 e. The zero-order valence-corrected chi connectivity index (χ0v) is 16.2. The molecule has 7 heteroatoms. The van der Waals surface area contributed by atoms with E-state index < -0.39 is 6.04 Å². The number of amides is 3. The van der Waals surface area contributed by atoms with Gasteiger partial charge in [0.2, 0.25) is 11.8 Å². The van der Waals surface area contributed by atoms with Crippen molar-refractivity contribution < 1.29 is 19.1 Å². The first-order valence-corrected chi connectivity index (χ1v) is 9.35. The van der Waals surface area contributed by atoms with E-state index in [1.165, 1.54) is 7.11 Å². The molecule has 1 heterocycles. The van der Waals surface area contributed by atoms with Crippen LogP contribution < -0.4 is 10.6 Å². The number of ether oxygens (including phenoxy) is 1. The van der Waals surface area contributed by atoms with Crippen LogP contribution in [0.5, 0.6) is 0 Å². The number of benzene rings is 1. The van der Waals surface area contributed by atoms with Gasteiger partial charge in [0.15, 0.2) is 0 Å². The highest BCUT2D eigenvalue weighted by Crippen LogP contribution is 2.22. The highest BCUT2D eigenvalue weighted by Gasteiger charge is 2.34. The largest absolute Gasteiger partial charge is 0.375 e. The van der Waals surface area contributed by atoms with Gasteiger partial charge in [-0.25, -0.2) is 0 Å². The van der Waals surface area contributed by atoms with E-state index in [0.29, 0.717) is 31.5 Å². The third kappa shape index (κ3) is 6.06. The highest BCUT2D eigenvalue weighted by atomic mass is 16.5. The predicted molar refractivity (Wildman–Crippen MR) is 102 cm³/mol. The highest BCUT2D eigenvalue weighted by molar-refractivity contribution is 5.97. The van der Waals surface area contributed by atoms with Crippen LogP contribution in [0.25, 0.3) is 0 Å². The number of nitrogens with zero attached hydrogens (tertiary/aromatic N) is 1. The maximum absolute atomic E-state index is 12.7. The smallest absolute Gasteiger partial charge is 0.251 e. The molecule has 7 nitrogen and oxygen atoms in total. The van der Waals surface area contributed by atoms with E-state index in [1.54, 1.807) is 29.2 Å². The van der Waals surface area contributed by atoms with Gasteiger partial charge in [-0.15, -0.1) is 0 Å². The van der Waals surface area contributed by atoms with Crippen LogP contribution in [0.15, 0.2) is 30.3 Å². The lowest BCUT2D eigenvalue weighted by molar-refractivity contribution is -0.136. The molecular formula is C20H29N3O4. The van der Waals surface area contributed by atoms with Crippen LogP contribution in [0.1, 0.15) is 37.0 Å². The van der Waals surface area contributed by atoms with E-state index in [1.807, 2.05) is 19.9 Å². The molecule has 3 amide bonds. The van der Waals surface area contributed by atoms with Gasteiger partial charge < -0.3 is 20.3 Å². The number of piperidine rings is 1. The lowest BCUT2D eigenvalue weighted by Crippen LogP contribution is -2.55. The molecule has 1 aliphatic rings. The zero-order chi connectivity index (χ0) is 19.8. The molecule has 0 saturated carbocycles. The summed E-state index contributed by atoms with van der Waals surface area (Å²) in [5.41, 5.74) is 0.521. The molecular weight excluding hydrogens is 346 g/mol. The first kappa shape index (κ1) is 20.9. The van der Waals surface area contributed by atoms with Gasteiger partial charge in [-0.2, -0.15) is 0 Å². The van der Waals surface area contributed by atoms with Crippen molar-refractivity contribution in [2.24, 2.45) is 5.92 Å². The van der Waals surface area contributed by atoms with Gasteiger partial charge in [0.1, 0.15) is 12.6 Å². The molecule has 27 heavy (non-hydrogen) atoms. The number of likely N-dealkylation sites (tertiary alicyclic amines) is 1. The number of hydrogen-bond donors (Lipinski definition) is 2. The fourth-order valence-corrected chi connectivity index (χ4v) is 3.28. The minimum atomic E-state index is -0.625. The summed E-state index contributed by atoms with van der Waals surface area (Å²) in [7, 11) is 1.50. The second-order valence-corrected chi connectivity index (χ2v) is 7.13. The molecule has 0 spiro atoms. The van der Waals surface area contributed by atoms with Crippen molar-refractivity contribution in [3.05, 3.63) is 35.9 Å². The number of hydrogen-bond acceptors (Lipinski definition) is 4. The zero-order valence-electron chi connectivity index (χ0n) is 16.2. The van der Waals surface area contributed by atoms with Crippen molar-refractivity contribution in [2.45, 2.75) is 38.8 Å². The maximum atomic E-state index is 12.7. The molecule has 0 bridgehead atoms. The van der Waals surface area contributed by atoms with Crippen molar-refractivity contribution in [3.63, 3.8) is 0 Å². The van der Waals surface area contributed by atoms with Crippen LogP contribution in [-0.4, -0.2) is 61.5 Å². The predicted octanol–water partition coefficient (Wildman–Crippen LogP) is 1.19. The summed E-state index contributed by atoms with van der Waals surface area (Å²) in [5, 5.41) is 5.80. The molecule has 1 aliphatic heterocycles. The molecule has 1 saturated heterocycles. The molecule has 1 aromatic carbocycles. The summed E-state index contributed by atoms with van der Waals surface area (Å²) in [4.78, 5) is 39.0. The Morgan fingerprint density at radius 3 is 2.30 bits per heavy atom. The number of carbonyl (C=O) groups is 3. The number of rotatable bonds is 7. The lowest BCUT2D eigenvalue weighted by Gasteiger charge is -2.36. The normalized spacial score (nSPS) is 16.1. The summed E-state index contributed by atoms with van der Waals surface area (Å²) >= 11 is 0. The fraction of sp³-hybridized carbons (Fsp3) is 0.550. The molecule has 1 aromatic rings. The van der Waals surface area contributed by atoms with Crippen molar-refractivity contribution in [1.29, 1.82) is 0 Å². The molecule has 2 rings (SSSR count). The van der Waals surface area contributed by atoms with Gasteiger partial charge in [0.05, 0.1) is 0 Å². The fourth-order valence-electron chi connectivity index (χ4n) is 3.28. The quantitative estimate of drug-likeness (QED) is 0.750. The topological polar surface area (TPSA) is 87.7 Å². The average Bonchev–Trinajstić information content (AvgIpc) is 2.66. The van der Waals surface area contributed by atoms with Crippen LogP contribution in [0.3, 0.4) is 0 Å². The van der Waals surface area contributed by atoms with Gasteiger partial charge in [-0.05, 0) is 44.7 Å². The Labute approximate surface area is 160 Å². The van der Waals surface area contributed by atoms with Crippen molar-refractivity contribution in [1.82, 2.24) is 15.5 Å². The second kappa shape index (κ2) is 10.1. The van der Waals surface area contributed by atoms with Crippen LogP contribution in [0.4, 0.5) is 0 Å². The van der Waals surface area contributed by atoms with Crippen molar-refractivity contribution in [2.75, 3.05) is 26.8 Å². The van der Waals surface area contributed by atoms with Crippen LogP contribution in [0.2, 0.25) is 0 Å². The third-order valence-corrected chi connectivity index (χ3v) is 4.67. The Kier molecular flexibility index (Phi) is 7.79. The molecule has 0 aromatic heterocycles. The molecule has 0 aliphatic carbocycles. The minimum absolute atomic E-state index is 0.0167. The molecule has 2 N–H and O–H groups in total. The molecule has 148 valence electrons. The summed E-state index contributed by atoms with van der Waals surface area (Å²) in [6.07, 6.45) is 1.31. The van der Waals surface area contributed by atoms with E-state index in [-0.39, 0.29) is 36.3 Å². The van der Waals surface area contributed by atoms with Gasteiger partial charge in [-0.3, -0.25) is 14.4 Å². The van der Waals surface area contributed by atoms with Crippen LogP contribution >= 0.6 is 0 Å². The number of carbonyl (C=O) groups excluding carboxylic acids is 3. The van der Waals surface area contributed by atoms with E-state index in [4.69, 9.17) is 4.74 Å². The second-order valence-electron chi connectivity index (χ2n) is 7.13. The van der Waals surface area contributed by atoms with E-state index in [0.717, 1.165) is 0 Å². The van der Waals surface area contributed by atoms with Gasteiger partial charge in [0, 0.05) is 31.8 Å². The van der Waals surface area contributed by atoms with Crippen molar-refractivity contribution >= 4 is 17.7 Å². The summed E-state index contributed by atoms with van der Waals surface area (Å²) in [6, 6.07) is 8.22. The lowest BCUT2D eigenvalue weighted by atomic mass is 9.88. The van der Waals surface area contributed by atoms with Crippen molar-refractivity contribution in [3.8, 4) is 0 Å². The van der Waals surface area contributed by atoms with Crippen LogP contribution in [0, 0.1) is 5.92 Å². The first-order chi connectivity index (χ1) is 12.9. The van der Waals surface area contributed by atoms with Gasteiger partial charge >= 0.3 is 0 Å². The third-order valence-electron chi connectivity index (χ3n) is 4.67. The van der Waals surface area contributed by atoms with E-state index in [2.05, 4.69) is 10.6 Å². The van der Waals surface area contributed by atoms with E-state index in [9.17, 15) is 14.4 Å². The SMILES string of the molecule is COCC(=O)N1CCC(C(NC(=O)c2ccccc2)C(=O)NC(C)C)CC1. The Morgan fingerprint density at radius 2 is 1.74 bits per heavy atom. The monoisotopic (exact) mass is 375 g/mol.